The maximum Gasteiger partial charge on any atom is 0.322 e. The van der Waals surface area contributed by atoms with Gasteiger partial charge >= 0.3 is 6.03 Å². The molecule has 22 heavy (non-hydrogen) atoms. The summed E-state index contributed by atoms with van der Waals surface area (Å²) in [4.78, 5) is 14.3. The highest BCUT2D eigenvalue weighted by molar-refractivity contribution is 6.30. The molecule has 1 atom stereocenters. The van der Waals surface area contributed by atoms with Gasteiger partial charge in [-0.2, -0.15) is 0 Å². The fraction of sp³-hybridized carbons (Fsp3) is 0.375. The molecule has 2 aromatic rings. The number of urea groups is 1. The molecule has 1 aliphatic heterocycles. The summed E-state index contributed by atoms with van der Waals surface area (Å²) < 4.78 is 5.40. The number of aryl methyl sites for hydroxylation is 1. The molecule has 2 amide bonds. The third kappa shape index (κ3) is 3.09. The van der Waals surface area contributed by atoms with Gasteiger partial charge in [0.25, 0.3) is 0 Å². The van der Waals surface area contributed by atoms with Crippen LogP contribution in [0.1, 0.15) is 37.3 Å². The lowest BCUT2D eigenvalue weighted by atomic mass is 10.1. The molecule has 6 heteroatoms. The number of nitrogens with one attached hydrogen (secondary N) is 1. The van der Waals surface area contributed by atoms with E-state index in [4.69, 9.17) is 16.1 Å². The first kappa shape index (κ1) is 14.9. The van der Waals surface area contributed by atoms with Gasteiger partial charge < -0.3 is 14.7 Å². The van der Waals surface area contributed by atoms with Crippen LogP contribution >= 0.6 is 11.6 Å². The van der Waals surface area contributed by atoms with Gasteiger partial charge in [-0.1, -0.05) is 23.7 Å². The summed E-state index contributed by atoms with van der Waals surface area (Å²) in [5.41, 5.74) is 1.65. The maximum absolute atomic E-state index is 12.5. The fourth-order valence-electron chi connectivity index (χ4n) is 2.69. The number of nitrogens with zero attached hydrogens (tertiary/aromatic N) is 2. The molecule has 1 aliphatic rings. The van der Waals surface area contributed by atoms with E-state index in [-0.39, 0.29) is 12.1 Å². The summed E-state index contributed by atoms with van der Waals surface area (Å²) in [5, 5.41) is 7.56. The molecule has 1 fully saturated rings. The number of benzene rings is 1. The van der Waals surface area contributed by atoms with E-state index in [0.717, 1.165) is 36.4 Å². The number of amides is 2. The molecule has 1 saturated heterocycles. The van der Waals surface area contributed by atoms with E-state index in [9.17, 15) is 4.79 Å². The summed E-state index contributed by atoms with van der Waals surface area (Å²) in [7, 11) is 0. The Kier molecular flexibility index (Phi) is 4.34. The van der Waals surface area contributed by atoms with E-state index in [2.05, 4.69) is 10.5 Å². The Hall–Kier alpha value is -2.01. The zero-order chi connectivity index (χ0) is 15.5. The molecule has 3 rings (SSSR count). The highest BCUT2D eigenvalue weighted by Gasteiger charge is 2.32. The largest absolute Gasteiger partial charge is 0.359 e. The number of carbonyl (C=O) groups is 1. The Balaban J connectivity index is 1.72. The van der Waals surface area contributed by atoms with Gasteiger partial charge in [-0.05, 0) is 43.5 Å². The minimum Gasteiger partial charge on any atom is -0.359 e. The van der Waals surface area contributed by atoms with Crippen molar-refractivity contribution in [2.45, 2.75) is 32.2 Å². The van der Waals surface area contributed by atoms with Crippen LogP contribution in [0.4, 0.5) is 10.5 Å². The van der Waals surface area contributed by atoms with Gasteiger partial charge in [0.1, 0.15) is 0 Å². The first-order valence-electron chi connectivity index (χ1n) is 7.46. The second-order valence-corrected chi connectivity index (χ2v) is 5.80. The van der Waals surface area contributed by atoms with E-state index in [0.29, 0.717) is 11.6 Å². The van der Waals surface area contributed by atoms with Crippen molar-refractivity contribution in [2.24, 2.45) is 0 Å². The van der Waals surface area contributed by atoms with E-state index in [1.807, 2.05) is 13.0 Å². The molecular formula is C16H18ClN3O2. The first-order chi connectivity index (χ1) is 10.7. The molecule has 0 bridgehead atoms. The average Bonchev–Trinajstić information content (AvgIpc) is 3.17. The predicted molar refractivity (Wildman–Crippen MR) is 85.0 cm³/mol. The lowest BCUT2D eigenvalue weighted by Crippen LogP contribution is -2.34. The number of hydrogen-bond donors (Lipinski definition) is 1. The molecular weight excluding hydrogens is 302 g/mol. The number of halogens is 1. The van der Waals surface area contributed by atoms with Crippen LogP contribution in [-0.2, 0) is 6.42 Å². The van der Waals surface area contributed by atoms with Gasteiger partial charge in [-0.3, -0.25) is 0 Å². The van der Waals surface area contributed by atoms with Crippen molar-refractivity contribution in [3.8, 4) is 0 Å². The smallest absolute Gasteiger partial charge is 0.322 e. The van der Waals surface area contributed by atoms with Crippen molar-refractivity contribution in [2.75, 3.05) is 11.9 Å². The van der Waals surface area contributed by atoms with Crippen LogP contribution in [0.2, 0.25) is 5.02 Å². The minimum atomic E-state index is -0.126. The average molecular weight is 320 g/mol. The van der Waals surface area contributed by atoms with Crippen LogP contribution in [0.25, 0.3) is 0 Å². The zero-order valence-corrected chi connectivity index (χ0v) is 13.1. The third-order valence-corrected chi connectivity index (χ3v) is 4.13. The molecule has 1 N–H and O–H groups in total. The van der Waals surface area contributed by atoms with Crippen LogP contribution < -0.4 is 5.32 Å². The Morgan fingerprint density at radius 2 is 2.23 bits per heavy atom. The summed E-state index contributed by atoms with van der Waals surface area (Å²) in [6, 6.07) is 8.85. The molecule has 2 heterocycles. The number of rotatable bonds is 3. The van der Waals surface area contributed by atoms with Crippen molar-refractivity contribution in [3.05, 3.63) is 46.8 Å². The van der Waals surface area contributed by atoms with Crippen molar-refractivity contribution < 1.29 is 9.32 Å². The maximum atomic E-state index is 12.5. The molecule has 1 aromatic heterocycles. The number of anilines is 1. The highest BCUT2D eigenvalue weighted by atomic mass is 35.5. The molecule has 0 saturated carbocycles. The Bertz CT molecular complexity index is 654. The molecule has 116 valence electrons. The Morgan fingerprint density at radius 3 is 2.91 bits per heavy atom. The number of aromatic nitrogens is 1. The fourth-order valence-corrected chi connectivity index (χ4v) is 2.81. The molecule has 0 unspecified atom stereocenters. The van der Waals surface area contributed by atoms with Gasteiger partial charge in [-0.15, -0.1) is 0 Å². The number of carbonyl (C=O) groups excluding carboxylic acids is 1. The van der Waals surface area contributed by atoms with E-state index in [1.165, 1.54) is 0 Å². The van der Waals surface area contributed by atoms with Crippen molar-refractivity contribution in [3.63, 3.8) is 0 Å². The zero-order valence-electron chi connectivity index (χ0n) is 12.4. The topological polar surface area (TPSA) is 58.4 Å². The molecule has 1 aromatic carbocycles. The summed E-state index contributed by atoms with van der Waals surface area (Å²) in [5.74, 6) is 0.764. The first-order valence-corrected chi connectivity index (χ1v) is 7.84. The van der Waals surface area contributed by atoms with Crippen LogP contribution in [0.3, 0.4) is 0 Å². The van der Waals surface area contributed by atoms with Crippen molar-refractivity contribution >= 4 is 23.3 Å². The molecule has 0 aliphatic carbocycles. The highest BCUT2D eigenvalue weighted by Crippen LogP contribution is 2.32. The summed E-state index contributed by atoms with van der Waals surface area (Å²) in [6.07, 6.45) is 2.68. The summed E-state index contributed by atoms with van der Waals surface area (Å²) >= 11 is 5.85. The Morgan fingerprint density at radius 1 is 1.45 bits per heavy atom. The number of likely N-dealkylation sites (tertiary alicyclic amines) is 1. The lowest BCUT2D eigenvalue weighted by Gasteiger charge is -2.23. The van der Waals surface area contributed by atoms with Crippen LogP contribution in [0.15, 0.2) is 34.9 Å². The van der Waals surface area contributed by atoms with Crippen LogP contribution in [-0.4, -0.2) is 22.6 Å². The molecule has 0 radical (unpaired) electrons. The predicted octanol–water partition coefficient (Wildman–Crippen LogP) is 4.26. The normalized spacial score (nSPS) is 17.7. The second-order valence-electron chi connectivity index (χ2n) is 5.36. The minimum absolute atomic E-state index is 0.0416. The van der Waals surface area contributed by atoms with Gasteiger partial charge in [0.2, 0.25) is 0 Å². The third-order valence-electron chi connectivity index (χ3n) is 3.88. The lowest BCUT2D eigenvalue weighted by molar-refractivity contribution is 0.195. The van der Waals surface area contributed by atoms with Gasteiger partial charge in [-0.25, -0.2) is 4.79 Å². The standard InChI is InChI=1S/C16H18ClN3O2/c1-2-12-10-15(22-19-12)14-4-3-9-20(14)16(21)18-13-7-5-11(17)6-8-13/h5-8,10,14H,2-4,9H2,1H3,(H,18,21)/t14-/m0/s1. The van der Waals surface area contributed by atoms with E-state index >= 15 is 0 Å². The quantitative estimate of drug-likeness (QED) is 0.919. The number of hydrogen-bond acceptors (Lipinski definition) is 3. The summed E-state index contributed by atoms with van der Waals surface area (Å²) in [6.45, 7) is 2.74. The van der Waals surface area contributed by atoms with Gasteiger partial charge in [0.05, 0.1) is 11.7 Å². The SMILES string of the molecule is CCc1cc([C@@H]2CCCN2C(=O)Nc2ccc(Cl)cc2)on1. The van der Waals surface area contributed by atoms with Gasteiger partial charge in [0, 0.05) is 23.3 Å². The molecule has 5 nitrogen and oxygen atoms in total. The second kappa shape index (κ2) is 6.40. The van der Waals surface area contributed by atoms with E-state index < -0.39 is 0 Å². The van der Waals surface area contributed by atoms with E-state index in [1.54, 1.807) is 29.2 Å². The Labute approximate surface area is 134 Å². The van der Waals surface area contributed by atoms with Crippen LogP contribution in [0.5, 0.6) is 0 Å². The monoisotopic (exact) mass is 319 g/mol. The van der Waals surface area contributed by atoms with Gasteiger partial charge in [0.15, 0.2) is 5.76 Å². The molecule has 0 spiro atoms. The van der Waals surface area contributed by atoms with Crippen LogP contribution in [0, 0.1) is 0 Å². The van der Waals surface area contributed by atoms with Crippen molar-refractivity contribution in [1.82, 2.24) is 10.1 Å². The van der Waals surface area contributed by atoms with Crippen molar-refractivity contribution in [1.29, 1.82) is 0 Å².